The molecule has 43 heavy (non-hydrogen) atoms. The van der Waals surface area contributed by atoms with E-state index in [2.05, 4.69) is 13.8 Å². The van der Waals surface area contributed by atoms with E-state index in [1.54, 1.807) is 6.07 Å². The summed E-state index contributed by atoms with van der Waals surface area (Å²) in [6, 6.07) is 12.1. The Morgan fingerprint density at radius 1 is 0.814 bits per heavy atom. The van der Waals surface area contributed by atoms with Gasteiger partial charge in [0, 0.05) is 47.5 Å². The molecule has 2 aromatic carbocycles. The molecule has 0 amide bonds. The van der Waals surface area contributed by atoms with E-state index in [0.717, 1.165) is 22.7 Å². The van der Waals surface area contributed by atoms with E-state index in [4.69, 9.17) is 0 Å². The number of nitrogens with zero attached hydrogens (tertiary/aromatic N) is 2. The Morgan fingerprint density at radius 2 is 1.44 bits per heavy atom. The minimum atomic E-state index is -4.46. The molecule has 0 saturated carbocycles. The van der Waals surface area contributed by atoms with Gasteiger partial charge < -0.3 is 4.90 Å². The molecule has 0 atom stereocenters. The minimum absolute atomic E-state index is 0.108. The van der Waals surface area contributed by atoms with Gasteiger partial charge in [0.15, 0.2) is 5.71 Å². The number of hydrogen-bond acceptors (Lipinski definition) is 7. The summed E-state index contributed by atoms with van der Waals surface area (Å²) in [6.07, 6.45) is 5.96. The molecule has 2 aromatic rings. The van der Waals surface area contributed by atoms with Crippen molar-refractivity contribution in [1.82, 2.24) is 0 Å². The summed E-state index contributed by atoms with van der Waals surface area (Å²) in [5.41, 5.74) is 3.75. The van der Waals surface area contributed by atoms with E-state index in [1.165, 1.54) is 12.1 Å². The predicted molar refractivity (Wildman–Crippen MR) is 165 cm³/mol. The van der Waals surface area contributed by atoms with Gasteiger partial charge in [0.2, 0.25) is 5.69 Å². The maximum absolute atomic E-state index is 11.9. The summed E-state index contributed by atoms with van der Waals surface area (Å²) in [5.74, 6) is -0.821. The number of hydrogen-bond donors (Lipinski definition) is 3. The lowest BCUT2D eigenvalue weighted by Crippen LogP contribution is -2.29. The molecule has 3 N–H and O–H groups in total. The van der Waals surface area contributed by atoms with Crippen LogP contribution in [0, 0.1) is 0 Å². The Hall–Kier alpha value is -2.88. The number of benzene rings is 2. The molecule has 234 valence electrons. The first-order valence-electron chi connectivity index (χ1n) is 13.7. The highest BCUT2D eigenvalue weighted by Gasteiger charge is 2.44. The van der Waals surface area contributed by atoms with Gasteiger partial charge in [0.05, 0.1) is 21.8 Å². The molecule has 0 saturated heterocycles. The third-order valence-corrected chi connectivity index (χ3v) is 10.5. The average molecular weight is 654 g/mol. The van der Waals surface area contributed by atoms with Crippen LogP contribution >= 0.6 is 0 Å². The Bertz CT molecular complexity index is 1860. The van der Waals surface area contributed by atoms with Gasteiger partial charge in [-0.05, 0) is 50.1 Å². The highest BCUT2D eigenvalue weighted by atomic mass is 32.2. The average Bonchev–Trinajstić information content (AvgIpc) is 3.21. The second-order valence-electron chi connectivity index (χ2n) is 11.8. The first kappa shape index (κ1) is 33.0. The monoisotopic (exact) mass is 653 g/mol. The van der Waals surface area contributed by atoms with Crippen molar-refractivity contribution >= 4 is 47.4 Å². The molecule has 0 aliphatic carbocycles. The van der Waals surface area contributed by atoms with Crippen molar-refractivity contribution in [3.63, 3.8) is 0 Å². The summed E-state index contributed by atoms with van der Waals surface area (Å²) in [7, 11) is -12.8. The number of anilines is 1. The Kier molecular flexibility index (Phi) is 8.88. The molecule has 14 heteroatoms. The fourth-order valence-corrected chi connectivity index (χ4v) is 7.47. The van der Waals surface area contributed by atoms with Crippen LogP contribution in [0.4, 0.5) is 11.4 Å². The van der Waals surface area contributed by atoms with Gasteiger partial charge in [0.25, 0.3) is 30.4 Å². The van der Waals surface area contributed by atoms with Gasteiger partial charge in [-0.2, -0.15) is 29.8 Å². The normalized spacial score (nSPS) is 19.0. The topological polar surface area (TPSA) is 169 Å². The smallest absolute Gasteiger partial charge is 0.294 e. The molecule has 4 rings (SSSR count). The molecule has 0 unspecified atom stereocenters. The maximum Gasteiger partial charge on any atom is 0.294 e. The van der Waals surface area contributed by atoms with Crippen LogP contribution in [-0.4, -0.2) is 73.8 Å². The summed E-state index contributed by atoms with van der Waals surface area (Å²) >= 11 is 0. The van der Waals surface area contributed by atoms with E-state index in [9.17, 15) is 38.9 Å². The van der Waals surface area contributed by atoms with E-state index < -0.39 is 46.9 Å². The van der Waals surface area contributed by atoms with Gasteiger partial charge in [-0.1, -0.05) is 38.1 Å². The number of fused-ring (bicyclic) bond motifs is 2. The van der Waals surface area contributed by atoms with Crippen LogP contribution in [0.3, 0.4) is 0 Å². The Labute approximate surface area is 253 Å². The third kappa shape index (κ3) is 7.10. The molecule has 2 heterocycles. The van der Waals surface area contributed by atoms with Crippen molar-refractivity contribution in [3.05, 3.63) is 77.5 Å². The van der Waals surface area contributed by atoms with Crippen LogP contribution in [0.2, 0.25) is 0 Å². The molecule has 0 radical (unpaired) electrons. The van der Waals surface area contributed by atoms with Gasteiger partial charge in [-0.25, -0.2) is 0 Å². The molecule has 2 aliphatic heterocycles. The molecule has 0 aromatic heterocycles. The molecule has 0 bridgehead atoms. The van der Waals surface area contributed by atoms with Gasteiger partial charge in [-0.15, -0.1) is 0 Å². The summed E-state index contributed by atoms with van der Waals surface area (Å²) < 4.78 is 99.6. The van der Waals surface area contributed by atoms with Crippen molar-refractivity contribution in [2.45, 2.75) is 56.3 Å². The molecule has 2 aliphatic rings. The Balaban J connectivity index is 1.77. The lowest BCUT2D eigenvalue weighted by atomic mass is 9.81. The standard InChI is InChI=1S/C29H36N2O9S3/c1-28(2)22-10-5-6-11-24(22)30(16-8-18-41(32,33)34)26(28)12-7-13-27-29(3,4)23-20-21(43(38,39)40)14-15-25(23)31(27)17-9-19-42(35,36)37/h5-7,10-15,20H,8-9,16-19H2,1-4H3,(H2-,32,33,34,35,36,37,38,39,40)/p+1. The van der Waals surface area contributed by atoms with Crippen molar-refractivity contribution < 1.29 is 43.5 Å². The minimum Gasteiger partial charge on any atom is -0.344 e. The van der Waals surface area contributed by atoms with Crippen LogP contribution in [0.1, 0.15) is 51.7 Å². The van der Waals surface area contributed by atoms with Crippen LogP contribution < -0.4 is 4.90 Å². The SMILES string of the molecule is CC1(C)C(/C=C/C=C2/N(CCCS(=O)(=O)O)c3ccc(S(=O)(=O)O)cc3C2(C)C)=[N+](CCCS(=O)(=O)O)c2ccccc21. The summed E-state index contributed by atoms with van der Waals surface area (Å²) in [5, 5.41) is 0. The highest BCUT2D eigenvalue weighted by molar-refractivity contribution is 7.86. The molecule has 11 nitrogen and oxygen atoms in total. The van der Waals surface area contributed by atoms with Crippen LogP contribution in [0.5, 0.6) is 0 Å². The highest BCUT2D eigenvalue weighted by Crippen LogP contribution is 2.48. The van der Waals surface area contributed by atoms with Crippen molar-refractivity contribution in [1.29, 1.82) is 0 Å². The van der Waals surface area contributed by atoms with Crippen molar-refractivity contribution in [2.75, 3.05) is 29.5 Å². The molecular formula is C29H37N2O9S3+. The fourth-order valence-electron chi connectivity index (χ4n) is 5.98. The zero-order valence-corrected chi connectivity index (χ0v) is 26.9. The van der Waals surface area contributed by atoms with Crippen molar-refractivity contribution in [3.8, 4) is 0 Å². The van der Waals surface area contributed by atoms with Crippen LogP contribution in [-0.2, 0) is 41.2 Å². The fraction of sp³-hybridized carbons (Fsp3) is 0.414. The zero-order chi connectivity index (χ0) is 32.0. The van der Waals surface area contributed by atoms with E-state index in [1.807, 2.05) is 65.8 Å². The van der Waals surface area contributed by atoms with E-state index in [0.29, 0.717) is 17.8 Å². The molecule has 0 spiro atoms. The lowest BCUT2D eigenvalue weighted by molar-refractivity contribution is -0.437. The van der Waals surface area contributed by atoms with E-state index in [-0.39, 0.29) is 30.0 Å². The first-order chi connectivity index (χ1) is 19.7. The Morgan fingerprint density at radius 3 is 2.07 bits per heavy atom. The van der Waals surface area contributed by atoms with Gasteiger partial charge in [-0.3, -0.25) is 13.7 Å². The lowest BCUT2D eigenvalue weighted by Gasteiger charge is -2.27. The zero-order valence-electron chi connectivity index (χ0n) is 24.4. The largest absolute Gasteiger partial charge is 0.344 e. The van der Waals surface area contributed by atoms with Crippen molar-refractivity contribution in [2.24, 2.45) is 0 Å². The second-order valence-corrected chi connectivity index (χ2v) is 16.4. The number of allylic oxidation sites excluding steroid dienone is 4. The second kappa shape index (κ2) is 11.6. The predicted octanol–water partition coefficient (Wildman–Crippen LogP) is 4.10. The summed E-state index contributed by atoms with van der Waals surface area (Å²) in [6.45, 7) is 8.49. The third-order valence-electron chi connectivity index (χ3n) is 8.04. The molecule has 0 fully saturated rings. The first-order valence-corrected chi connectivity index (χ1v) is 18.3. The van der Waals surface area contributed by atoms with E-state index >= 15 is 0 Å². The number of rotatable bonds is 11. The molecular weight excluding hydrogens is 617 g/mol. The van der Waals surface area contributed by atoms with Gasteiger partial charge >= 0.3 is 0 Å². The van der Waals surface area contributed by atoms with Crippen LogP contribution in [0.25, 0.3) is 0 Å². The van der Waals surface area contributed by atoms with Crippen LogP contribution in [0.15, 0.2) is 71.3 Å². The maximum atomic E-state index is 11.9. The number of para-hydroxylation sites is 1. The summed E-state index contributed by atoms with van der Waals surface area (Å²) in [4.78, 5) is 1.62. The van der Waals surface area contributed by atoms with Gasteiger partial charge in [0.1, 0.15) is 6.54 Å². The quantitative estimate of drug-likeness (QED) is 0.237.